The predicted molar refractivity (Wildman–Crippen MR) is 77.3 cm³/mol. The molecule has 1 aromatic carbocycles. The van der Waals surface area contributed by atoms with E-state index in [1.807, 2.05) is 45.0 Å². The van der Waals surface area contributed by atoms with E-state index in [2.05, 4.69) is 5.32 Å². The molecule has 0 unspecified atom stereocenters. The van der Waals surface area contributed by atoms with Crippen molar-refractivity contribution in [2.45, 2.75) is 13.8 Å². The summed E-state index contributed by atoms with van der Waals surface area (Å²) in [5.41, 5.74) is 1.66. The molecule has 0 atom stereocenters. The molecule has 0 heterocycles. The Morgan fingerprint density at radius 2 is 1.58 bits per heavy atom. The first-order chi connectivity index (χ1) is 8.99. The summed E-state index contributed by atoms with van der Waals surface area (Å²) in [6.45, 7) is 4.76. The van der Waals surface area contributed by atoms with Gasteiger partial charge in [-0.1, -0.05) is 0 Å². The molecule has 19 heavy (non-hydrogen) atoms. The van der Waals surface area contributed by atoms with Crippen LogP contribution in [0.2, 0.25) is 0 Å². The molecule has 2 amide bonds. The number of rotatable bonds is 4. The van der Waals surface area contributed by atoms with Gasteiger partial charge in [0.25, 0.3) is 0 Å². The standard InChI is InChI=1S/C14H21N3O2/c1-5-17(6-2)14(19)13(18)15-11-7-9-12(10-8-11)16(3)4/h7-10H,5-6H2,1-4H3,(H,15,18). The van der Waals surface area contributed by atoms with Gasteiger partial charge in [0, 0.05) is 38.6 Å². The monoisotopic (exact) mass is 263 g/mol. The third kappa shape index (κ3) is 3.98. The third-order valence-electron chi connectivity index (χ3n) is 2.89. The Kier molecular flexibility index (Phi) is 5.36. The topological polar surface area (TPSA) is 52.7 Å². The molecule has 0 aliphatic rings. The van der Waals surface area contributed by atoms with Gasteiger partial charge in [-0.3, -0.25) is 9.59 Å². The Labute approximate surface area is 114 Å². The van der Waals surface area contributed by atoms with Crippen LogP contribution in [0.1, 0.15) is 13.8 Å². The van der Waals surface area contributed by atoms with Gasteiger partial charge in [-0.05, 0) is 38.1 Å². The number of nitrogens with one attached hydrogen (secondary N) is 1. The van der Waals surface area contributed by atoms with Crippen molar-refractivity contribution >= 4 is 23.2 Å². The van der Waals surface area contributed by atoms with Crippen molar-refractivity contribution in [1.82, 2.24) is 4.90 Å². The number of carbonyl (C=O) groups is 2. The number of benzene rings is 1. The molecule has 0 bridgehead atoms. The number of likely N-dealkylation sites (N-methyl/N-ethyl adjacent to an activating group) is 1. The second kappa shape index (κ2) is 6.78. The summed E-state index contributed by atoms with van der Waals surface area (Å²) in [4.78, 5) is 27.0. The molecule has 0 aliphatic heterocycles. The van der Waals surface area contributed by atoms with Crippen LogP contribution in [0.15, 0.2) is 24.3 Å². The molecule has 0 saturated carbocycles. The van der Waals surface area contributed by atoms with Crippen LogP contribution in [0, 0.1) is 0 Å². The maximum atomic E-state index is 11.8. The summed E-state index contributed by atoms with van der Waals surface area (Å²) in [6, 6.07) is 7.33. The van der Waals surface area contributed by atoms with Crippen LogP contribution >= 0.6 is 0 Å². The van der Waals surface area contributed by atoms with Crippen molar-refractivity contribution < 1.29 is 9.59 Å². The fourth-order valence-electron chi connectivity index (χ4n) is 1.68. The second-order valence-corrected chi connectivity index (χ2v) is 4.37. The van der Waals surface area contributed by atoms with Crippen molar-refractivity contribution in [3.05, 3.63) is 24.3 Å². The summed E-state index contributed by atoms with van der Waals surface area (Å²) in [6.07, 6.45) is 0. The lowest BCUT2D eigenvalue weighted by Gasteiger charge is -2.18. The van der Waals surface area contributed by atoms with Gasteiger partial charge in [-0.15, -0.1) is 0 Å². The van der Waals surface area contributed by atoms with E-state index in [1.165, 1.54) is 4.90 Å². The lowest BCUT2D eigenvalue weighted by Crippen LogP contribution is -2.39. The molecule has 0 aromatic heterocycles. The van der Waals surface area contributed by atoms with E-state index >= 15 is 0 Å². The fourth-order valence-corrected chi connectivity index (χ4v) is 1.68. The van der Waals surface area contributed by atoms with Crippen molar-refractivity contribution in [2.24, 2.45) is 0 Å². The van der Waals surface area contributed by atoms with E-state index in [9.17, 15) is 9.59 Å². The van der Waals surface area contributed by atoms with E-state index in [4.69, 9.17) is 0 Å². The predicted octanol–water partition coefficient (Wildman–Crippen LogP) is 1.56. The van der Waals surface area contributed by atoms with Crippen molar-refractivity contribution in [3.8, 4) is 0 Å². The summed E-state index contributed by atoms with van der Waals surface area (Å²) >= 11 is 0. The van der Waals surface area contributed by atoms with Crippen LogP contribution in [0.4, 0.5) is 11.4 Å². The first kappa shape index (κ1) is 15.0. The maximum Gasteiger partial charge on any atom is 0.313 e. The van der Waals surface area contributed by atoms with Crippen LogP contribution < -0.4 is 10.2 Å². The number of amides is 2. The Hall–Kier alpha value is -2.04. The quantitative estimate of drug-likeness (QED) is 0.839. The van der Waals surface area contributed by atoms with E-state index in [0.717, 1.165) is 5.69 Å². The summed E-state index contributed by atoms with van der Waals surface area (Å²) in [7, 11) is 3.88. The van der Waals surface area contributed by atoms with E-state index in [0.29, 0.717) is 18.8 Å². The Bertz CT molecular complexity index is 437. The smallest absolute Gasteiger partial charge is 0.313 e. The molecular formula is C14H21N3O2. The number of hydrogen-bond acceptors (Lipinski definition) is 3. The molecule has 104 valence electrons. The molecule has 5 heteroatoms. The highest BCUT2D eigenvalue weighted by Gasteiger charge is 2.19. The third-order valence-corrected chi connectivity index (χ3v) is 2.89. The maximum absolute atomic E-state index is 11.8. The Morgan fingerprint density at radius 3 is 2.00 bits per heavy atom. The minimum Gasteiger partial charge on any atom is -0.378 e. The molecule has 0 radical (unpaired) electrons. The van der Waals surface area contributed by atoms with Crippen molar-refractivity contribution in [1.29, 1.82) is 0 Å². The zero-order chi connectivity index (χ0) is 14.4. The SMILES string of the molecule is CCN(CC)C(=O)C(=O)Nc1ccc(N(C)C)cc1. The molecule has 0 fully saturated rings. The first-order valence-corrected chi connectivity index (χ1v) is 6.37. The van der Waals surface area contributed by atoms with Gasteiger partial charge >= 0.3 is 11.8 Å². The molecular weight excluding hydrogens is 242 g/mol. The van der Waals surface area contributed by atoms with Crippen LogP contribution in [-0.2, 0) is 9.59 Å². The largest absolute Gasteiger partial charge is 0.378 e. The number of anilines is 2. The molecule has 0 spiro atoms. The molecule has 0 aliphatic carbocycles. The zero-order valence-corrected chi connectivity index (χ0v) is 11.9. The van der Waals surface area contributed by atoms with Gasteiger partial charge in [0.1, 0.15) is 0 Å². The molecule has 0 saturated heterocycles. The molecule has 5 nitrogen and oxygen atoms in total. The van der Waals surface area contributed by atoms with Gasteiger partial charge in [-0.2, -0.15) is 0 Å². The van der Waals surface area contributed by atoms with Gasteiger partial charge in [-0.25, -0.2) is 0 Å². The highest BCUT2D eigenvalue weighted by Crippen LogP contribution is 2.15. The van der Waals surface area contributed by atoms with Gasteiger partial charge in [0.05, 0.1) is 0 Å². The molecule has 1 aromatic rings. The zero-order valence-electron chi connectivity index (χ0n) is 11.9. The minimum atomic E-state index is -0.596. The van der Waals surface area contributed by atoms with Gasteiger partial charge in [0.2, 0.25) is 0 Å². The summed E-state index contributed by atoms with van der Waals surface area (Å²) < 4.78 is 0. The summed E-state index contributed by atoms with van der Waals surface area (Å²) in [5.74, 6) is -1.09. The molecule has 1 N–H and O–H groups in total. The first-order valence-electron chi connectivity index (χ1n) is 6.37. The lowest BCUT2D eigenvalue weighted by atomic mass is 10.2. The van der Waals surface area contributed by atoms with Crippen LogP contribution in [0.25, 0.3) is 0 Å². The van der Waals surface area contributed by atoms with E-state index < -0.39 is 11.8 Å². The fraction of sp³-hybridized carbons (Fsp3) is 0.429. The van der Waals surface area contributed by atoms with E-state index in [1.54, 1.807) is 12.1 Å². The highest BCUT2D eigenvalue weighted by atomic mass is 16.2. The number of nitrogens with zero attached hydrogens (tertiary/aromatic N) is 2. The minimum absolute atomic E-state index is 0.498. The van der Waals surface area contributed by atoms with Gasteiger partial charge in [0.15, 0.2) is 0 Å². The molecule has 1 rings (SSSR count). The van der Waals surface area contributed by atoms with Crippen molar-refractivity contribution in [2.75, 3.05) is 37.4 Å². The number of hydrogen-bond donors (Lipinski definition) is 1. The normalized spacial score (nSPS) is 9.89. The second-order valence-electron chi connectivity index (χ2n) is 4.37. The average molecular weight is 263 g/mol. The number of carbonyl (C=O) groups excluding carboxylic acids is 2. The van der Waals surface area contributed by atoms with Gasteiger partial charge < -0.3 is 15.1 Å². The Balaban J connectivity index is 2.69. The summed E-state index contributed by atoms with van der Waals surface area (Å²) in [5, 5.41) is 2.61. The van der Waals surface area contributed by atoms with Crippen LogP contribution in [0.5, 0.6) is 0 Å². The van der Waals surface area contributed by atoms with Crippen molar-refractivity contribution in [3.63, 3.8) is 0 Å². The Morgan fingerprint density at radius 1 is 1.05 bits per heavy atom. The van der Waals surface area contributed by atoms with E-state index in [-0.39, 0.29) is 0 Å². The highest BCUT2D eigenvalue weighted by molar-refractivity contribution is 6.39. The van der Waals surface area contributed by atoms with Crippen LogP contribution in [0.3, 0.4) is 0 Å². The van der Waals surface area contributed by atoms with Crippen LogP contribution in [-0.4, -0.2) is 43.9 Å². The average Bonchev–Trinajstić information content (AvgIpc) is 2.40. The lowest BCUT2D eigenvalue weighted by molar-refractivity contribution is -0.142.